The Morgan fingerprint density at radius 2 is 2.43 bits per heavy atom. The molecule has 3 nitrogen and oxygen atoms in total. The fourth-order valence-corrected chi connectivity index (χ4v) is 1.07. The first-order valence-corrected chi connectivity index (χ1v) is 4.53. The van der Waals surface area contributed by atoms with Gasteiger partial charge < -0.3 is 5.32 Å². The van der Waals surface area contributed by atoms with E-state index in [1.165, 1.54) is 12.3 Å². The summed E-state index contributed by atoms with van der Waals surface area (Å²) in [5, 5.41) is 11.6. The average Bonchev–Trinajstić information content (AvgIpc) is 2.18. The number of nitrogens with one attached hydrogen (secondary N) is 1. The summed E-state index contributed by atoms with van der Waals surface area (Å²) in [6.45, 7) is 3.54. The van der Waals surface area contributed by atoms with Crippen LogP contribution >= 0.6 is 0 Å². The molecular weight excluding hydrogens is 181 g/mol. The maximum absolute atomic E-state index is 13.0. The summed E-state index contributed by atoms with van der Waals surface area (Å²) < 4.78 is 13.0. The number of nitrogens with zero attached hydrogens (tertiary/aromatic N) is 2. The van der Waals surface area contributed by atoms with E-state index in [9.17, 15) is 4.39 Å². The number of nitriles is 1. The van der Waals surface area contributed by atoms with Gasteiger partial charge in [0.1, 0.15) is 6.07 Å². The summed E-state index contributed by atoms with van der Waals surface area (Å²) >= 11 is 0. The third-order valence-corrected chi connectivity index (χ3v) is 1.76. The number of pyridine rings is 1. The van der Waals surface area contributed by atoms with E-state index in [1.54, 1.807) is 6.07 Å². The molecule has 0 aliphatic rings. The van der Waals surface area contributed by atoms with Crippen molar-refractivity contribution in [3.8, 4) is 6.07 Å². The molecule has 1 aromatic rings. The monoisotopic (exact) mass is 193 g/mol. The summed E-state index contributed by atoms with van der Waals surface area (Å²) in [4.78, 5) is 3.70. The van der Waals surface area contributed by atoms with Gasteiger partial charge in [-0.1, -0.05) is 6.92 Å². The largest absolute Gasteiger partial charge is 0.313 e. The SMILES string of the molecule is CCCNCc1cnc(C#N)c(F)c1. The Labute approximate surface area is 82.6 Å². The van der Waals surface area contributed by atoms with E-state index in [-0.39, 0.29) is 5.69 Å². The predicted octanol–water partition coefficient (Wildman–Crippen LogP) is 1.59. The van der Waals surface area contributed by atoms with Gasteiger partial charge >= 0.3 is 0 Å². The van der Waals surface area contributed by atoms with Crippen LogP contribution < -0.4 is 5.32 Å². The first-order chi connectivity index (χ1) is 6.77. The highest BCUT2D eigenvalue weighted by Crippen LogP contribution is 2.05. The van der Waals surface area contributed by atoms with Gasteiger partial charge in [0, 0.05) is 12.7 Å². The summed E-state index contributed by atoms with van der Waals surface area (Å²) in [5.41, 5.74) is 0.610. The Morgan fingerprint density at radius 1 is 1.64 bits per heavy atom. The van der Waals surface area contributed by atoms with Crippen LogP contribution in [0.4, 0.5) is 4.39 Å². The Kier molecular flexibility index (Phi) is 4.02. The molecule has 1 aromatic heterocycles. The molecule has 0 saturated heterocycles. The number of hydrogen-bond acceptors (Lipinski definition) is 3. The number of rotatable bonds is 4. The van der Waals surface area contributed by atoms with Crippen molar-refractivity contribution in [2.75, 3.05) is 6.54 Å². The molecule has 0 aromatic carbocycles. The van der Waals surface area contributed by atoms with Crippen LogP contribution in [0.5, 0.6) is 0 Å². The molecule has 1 rings (SSSR count). The molecule has 0 amide bonds. The fraction of sp³-hybridized carbons (Fsp3) is 0.400. The van der Waals surface area contributed by atoms with Gasteiger partial charge in [0.2, 0.25) is 0 Å². The van der Waals surface area contributed by atoms with Crippen LogP contribution in [0.2, 0.25) is 0 Å². The van der Waals surface area contributed by atoms with E-state index >= 15 is 0 Å². The number of hydrogen-bond donors (Lipinski definition) is 1. The first kappa shape index (κ1) is 10.6. The second-order valence-corrected chi connectivity index (χ2v) is 2.96. The van der Waals surface area contributed by atoms with Crippen LogP contribution in [0, 0.1) is 17.1 Å². The van der Waals surface area contributed by atoms with Gasteiger partial charge in [0.15, 0.2) is 11.5 Å². The highest BCUT2D eigenvalue weighted by atomic mass is 19.1. The molecule has 1 N–H and O–H groups in total. The van der Waals surface area contributed by atoms with Crippen LogP contribution in [0.1, 0.15) is 24.6 Å². The Bertz CT molecular complexity index is 344. The summed E-state index contributed by atoms with van der Waals surface area (Å²) in [6, 6.07) is 3.02. The lowest BCUT2D eigenvalue weighted by Gasteiger charge is -2.02. The van der Waals surface area contributed by atoms with Crippen molar-refractivity contribution in [1.29, 1.82) is 5.26 Å². The second-order valence-electron chi connectivity index (χ2n) is 2.96. The van der Waals surface area contributed by atoms with Crippen LogP contribution in [-0.4, -0.2) is 11.5 Å². The van der Waals surface area contributed by atoms with Gasteiger partial charge in [-0.2, -0.15) is 5.26 Å². The van der Waals surface area contributed by atoms with Crippen molar-refractivity contribution in [2.24, 2.45) is 0 Å². The van der Waals surface area contributed by atoms with Crippen molar-refractivity contribution in [3.05, 3.63) is 29.3 Å². The molecular formula is C10H12FN3. The Hall–Kier alpha value is -1.47. The lowest BCUT2D eigenvalue weighted by Crippen LogP contribution is -2.14. The second kappa shape index (κ2) is 5.30. The first-order valence-electron chi connectivity index (χ1n) is 4.53. The highest BCUT2D eigenvalue weighted by molar-refractivity contribution is 5.25. The molecule has 1 heterocycles. The minimum Gasteiger partial charge on any atom is -0.313 e. The predicted molar refractivity (Wildman–Crippen MR) is 50.9 cm³/mol. The van der Waals surface area contributed by atoms with Crippen molar-refractivity contribution in [3.63, 3.8) is 0 Å². The van der Waals surface area contributed by atoms with E-state index in [4.69, 9.17) is 5.26 Å². The van der Waals surface area contributed by atoms with Gasteiger partial charge in [-0.05, 0) is 24.6 Å². The smallest absolute Gasteiger partial charge is 0.176 e. The molecule has 0 atom stereocenters. The van der Waals surface area contributed by atoms with Gasteiger partial charge in [-0.15, -0.1) is 0 Å². The van der Waals surface area contributed by atoms with E-state index in [0.717, 1.165) is 18.5 Å². The molecule has 4 heteroatoms. The Balaban J connectivity index is 2.63. The van der Waals surface area contributed by atoms with Gasteiger partial charge in [-0.3, -0.25) is 0 Å². The molecule has 0 bridgehead atoms. The standard InChI is InChI=1S/C10H12FN3/c1-2-3-13-6-8-4-9(11)10(5-12)14-7-8/h4,7,13H,2-3,6H2,1H3. The zero-order valence-corrected chi connectivity index (χ0v) is 8.05. The van der Waals surface area contributed by atoms with Crippen LogP contribution in [0.15, 0.2) is 12.3 Å². The summed E-state index contributed by atoms with van der Waals surface area (Å²) in [7, 11) is 0. The van der Waals surface area contributed by atoms with E-state index in [1.807, 2.05) is 0 Å². The quantitative estimate of drug-likeness (QED) is 0.739. The van der Waals surface area contributed by atoms with Crippen LogP contribution in [-0.2, 0) is 6.54 Å². The van der Waals surface area contributed by atoms with Gasteiger partial charge in [-0.25, -0.2) is 9.37 Å². The third-order valence-electron chi connectivity index (χ3n) is 1.76. The molecule has 14 heavy (non-hydrogen) atoms. The molecule has 74 valence electrons. The van der Waals surface area contributed by atoms with Crippen LogP contribution in [0.3, 0.4) is 0 Å². The molecule has 0 unspecified atom stereocenters. The molecule has 0 fully saturated rings. The molecule has 0 spiro atoms. The van der Waals surface area contributed by atoms with Crippen molar-refractivity contribution >= 4 is 0 Å². The molecule has 0 radical (unpaired) electrons. The van der Waals surface area contributed by atoms with Gasteiger partial charge in [0.25, 0.3) is 0 Å². The summed E-state index contributed by atoms with van der Waals surface area (Å²) in [5.74, 6) is -0.553. The lowest BCUT2D eigenvalue weighted by molar-refractivity contribution is 0.607. The minimum absolute atomic E-state index is 0.149. The van der Waals surface area contributed by atoms with Gasteiger partial charge in [0.05, 0.1) is 0 Å². The number of halogens is 1. The maximum Gasteiger partial charge on any atom is 0.176 e. The van der Waals surface area contributed by atoms with E-state index in [2.05, 4.69) is 17.2 Å². The molecule has 0 aliphatic heterocycles. The van der Waals surface area contributed by atoms with E-state index in [0.29, 0.717) is 6.54 Å². The highest BCUT2D eigenvalue weighted by Gasteiger charge is 2.03. The molecule has 0 saturated carbocycles. The van der Waals surface area contributed by atoms with Crippen LogP contribution in [0.25, 0.3) is 0 Å². The minimum atomic E-state index is -0.553. The topological polar surface area (TPSA) is 48.7 Å². The lowest BCUT2D eigenvalue weighted by atomic mass is 10.2. The fourth-order valence-electron chi connectivity index (χ4n) is 1.07. The maximum atomic E-state index is 13.0. The van der Waals surface area contributed by atoms with Crippen molar-refractivity contribution < 1.29 is 4.39 Å². The molecule has 0 aliphatic carbocycles. The zero-order chi connectivity index (χ0) is 10.4. The number of aromatic nitrogens is 1. The van der Waals surface area contributed by atoms with E-state index < -0.39 is 5.82 Å². The normalized spacial score (nSPS) is 9.79. The summed E-state index contributed by atoms with van der Waals surface area (Å²) in [6.07, 6.45) is 2.55. The average molecular weight is 193 g/mol. The van der Waals surface area contributed by atoms with Crippen molar-refractivity contribution in [2.45, 2.75) is 19.9 Å². The van der Waals surface area contributed by atoms with Crippen molar-refractivity contribution in [1.82, 2.24) is 10.3 Å². The third kappa shape index (κ3) is 2.79. The zero-order valence-electron chi connectivity index (χ0n) is 8.05. The Morgan fingerprint density at radius 3 is 3.00 bits per heavy atom.